The van der Waals surface area contributed by atoms with Gasteiger partial charge in [0.25, 0.3) is 0 Å². The Balaban J connectivity index is 1.39. The summed E-state index contributed by atoms with van der Waals surface area (Å²) < 4.78 is 5.70. The first-order valence-corrected chi connectivity index (χ1v) is 15.8. The van der Waals surface area contributed by atoms with Crippen LogP contribution in [-0.2, 0) is 24.0 Å². The molecule has 10 heteroatoms. The van der Waals surface area contributed by atoms with E-state index in [4.69, 9.17) is 9.84 Å². The Morgan fingerprint density at radius 3 is 2.44 bits per heavy atom. The molecular formula is C35H38N2O8. The van der Waals surface area contributed by atoms with Gasteiger partial charge in [-0.1, -0.05) is 42.3 Å². The number of carboxylic acid groups (broad SMARTS) is 1. The lowest BCUT2D eigenvalue weighted by Gasteiger charge is -2.49. The first kappa shape index (κ1) is 30.6. The van der Waals surface area contributed by atoms with Crippen LogP contribution >= 0.6 is 0 Å². The summed E-state index contributed by atoms with van der Waals surface area (Å²) in [6.07, 6.45) is 4.21. The Morgan fingerprint density at radius 1 is 0.978 bits per heavy atom. The van der Waals surface area contributed by atoms with Crippen LogP contribution in [0.15, 0.2) is 60.2 Å². The number of para-hydroxylation sites is 1. The number of aliphatic carboxylic acids is 1. The number of aromatic hydroxyl groups is 1. The minimum Gasteiger partial charge on any atom is -0.504 e. The summed E-state index contributed by atoms with van der Waals surface area (Å²) in [5.74, 6) is -4.76. The van der Waals surface area contributed by atoms with E-state index < -0.39 is 41.0 Å². The van der Waals surface area contributed by atoms with Gasteiger partial charge in [-0.15, -0.1) is 0 Å². The lowest BCUT2D eigenvalue weighted by Crippen LogP contribution is -2.48. The number of carbonyl (C=O) groups is 5. The predicted molar refractivity (Wildman–Crippen MR) is 163 cm³/mol. The van der Waals surface area contributed by atoms with Gasteiger partial charge in [-0.2, -0.15) is 0 Å². The first-order valence-electron chi connectivity index (χ1n) is 15.8. The molecule has 3 fully saturated rings. The summed E-state index contributed by atoms with van der Waals surface area (Å²) in [5, 5.41) is 19.4. The molecule has 236 valence electrons. The number of benzene rings is 2. The van der Waals surface area contributed by atoms with Crippen LogP contribution in [0.25, 0.3) is 0 Å². The summed E-state index contributed by atoms with van der Waals surface area (Å²) >= 11 is 0. The van der Waals surface area contributed by atoms with E-state index in [-0.39, 0.29) is 54.5 Å². The van der Waals surface area contributed by atoms with E-state index in [1.54, 1.807) is 43.3 Å². The maximum atomic E-state index is 14.4. The molecule has 4 aliphatic rings. The third-order valence-electron chi connectivity index (χ3n) is 10.3. The average molecular weight is 615 g/mol. The van der Waals surface area contributed by atoms with Crippen LogP contribution < -0.4 is 9.64 Å². The number of likely N-dealkylation sites (tertiary alicyclic amines) is 1. The number of allylic oxidation sites excluding steroid dienone is 2. The molecule has 0 radical (unpaired) electrons. The number of anilines is 1. The molecule has 6 unspecified atom stereocenters. The minimum absolute atomic E-state index is 0.0392. The SMILES string of the molecule is CCOc1cc(C2C3=CCC4C(=O)N(CCCCCC(=O)O)C(=O)C4C3CC3C(=O)N(c4ccccc4)C(=O)C32C)ccc1O. The maximum absolute atomic E-state index is 14.4. The van der Waals surface area contributed by atoms with Crippen molar-refractivity contribution in [2.75, 3.05) is 18.1 Å². The van der Waals surface area contributed by atoms with Crippen molar-refractivity contribution in [1.29, 1.82) is 0 Å². The van der Waals surface area contributed by atoms with Gasteiger partial charge in [0.1, 0.15) is 0 Å². The zero-order chi connectivity index (χ0) is 32.0. The van der Waals surface area contributed by atoms with Gasteiger partial charge in [-0.25, -0.2) is 4.90 Å². The lowest BCUT2D eigenvalue weighted by molar-refractivity contribution is -0.141. The summed E-state index contributed by atoms with van der Waals surface area (Å²) in [6.45, 7) is 4.18. The highest BCUT2D eigenvalue weighted by atomic mass is 16.5. The summed E-state index contributed by atoms with van der Waals surface area (Å²) in [5.41, 5.74) is 0.862. The molecule has 2 heterocycles. The van der Waals surface area contributed by atoms with Crippen LogP contribution in [0.1, 0.15) is 63.9 Å². The molecule has 2 N–H and O–H groups in total. The van der Waals surface area contributed by atoms with Gasteiger partial charge in [0.2, 0.25) is 23.6 Å². The van der Waals surface area contributed by atoms with Crippen LogP contribution in [0.4, 0.5) is 5.69 Å². The van der Waals surface area contributed by atoms with E-state index in [1.807, 2.05) is 19.1 Å². The fourth-order valence-electron chi connectivity index (χ4n) is 8.21. The molecule has 2 saturated heterocycles. The topological polar surface area (TPSA) is 142 Å². The van der Waals surface area contributed by atoms with Gasteiger partial charge in [0.15, 0.2) is 11.5 Å². The number of unbranched alkanes of at least 4 members (excludes halogenated alkanes) is 2. The molecule has 6 rings (SSSR count). The summed E-state index contributed by atoms with van der Waals surface area (Å²) in [4.78, 5) is 69.6. The van der Waals surface area contributed by atoms with Crippen molar-refractivity contribution >= 4 is 35.3 Å². The number of ether oxygens (including phenoxy) is 1. The molecule has 2 aromatic rings. The van der Waals surface area contributed by atoms with Gasteiger partial charge in [-0.05, 0) is 75.3 Å². The van der Waals surface area contributed by atoms with Crippen molar-refractivity contribution in [3.05, 3.63) is 65.7 Å². The van der Waals surface area contributed by atoms with Crippen LogP contribution in [0.5, 0.6) is 11.5 Å². The second-order valence-corrected chi connectivity index (χ2v) is 12.7. The normalized spacial score (nSPS) is 28.9. The summed E-state index contributed by atoms with van der Waals surface area (Å²) in [6, 6.07) is 13.8. The van der Waals surface area contributed by atoms with Crippen molar-refractivity contribution in [2.45, 2.75) is 58.3 Å². The monoisotopic (exact) mass is 614 g/mol. The van der Waals surface area contributed by atoms with Crippen LogP contribution in [0.2, 0.25) is 0 Å². The van der Waals surface area contributed by atoms with Gasteiger partial charge in [0, 0.05) is 18.9 Å². The van der Waals surface area contributed by atoms with E-state index in [9.17, 15) is 29.1 Å². The molecule has 0 spiro atoms. The molecule has 2 aliphatic heterocycles. The van der Waals surface area contributed by atoms with Crippen LogP contribution in [0.3, 0.4) is 0 Å². The van der Waals surface area contributed by atoms with Crippen molar-refractivity contribution < 1.29 is 38.9 Å². The molecule has 4 amide bonds. The molecule has 1 saturated carbocycles. The van der Waals surface area contributed by atoms with Crippen molar-refractivity contribution in [1.82, 2.24) is 4.90 Å². The van der Waals surface area contributed by atoms with Crippen molar-refractivity contribution in [3.8, 4) is 11.5 Å². The Hall–Kier alpha value is -4.47. The molecule has 45 heavy (non-hydrogen) atoms. The fourth-order valence-corrected chi connectivity index (χ4v) is 8.21. The first-order chi connectivity index (χ1) is 21.6. The van der Waals surface area contributed by atoms with Gasteiger partial charge >= 0.3 is 5.97 Å². The second kappa shape index (κ2) is 11.8. The molecule has 10 nitrogen and oxygen atoms in total. The number of amides is 4. The van der Waals surface area contributed by atoms with Gasteiger partial charge in [-0.3, -0.25) is 28.9 Å². The number of phenols is 1. The lowest BCUT2D eigenvalue weighted by atomic mass is 9.51. The van der Waals surface area contributed by atoms with Crippen molar-refractivity contribution in [2.24, 2.45) is 29.1 Å². The Bertz CT molecular complexity index is 1590. The van der Waals surface area contributed by atoms with E-state index in [1.165, 1.54) is 15.9 Å². The van der Waals surface area contributed by atoms with Crippen molar-refractivity contribution in [3.63, 3.8) is 0 Å². The third kappa shape index (κ3) is 4.91. The van der Waals surface area contributed by atoms with Gasteiger partial charge < -0.3 is 14.9 Å². The van der Waals surface area contributed by atoms with Crippen LogP contribution in [0, 0.1) is 29.1 Å². The number of nitrogens with zero attached hydrogens (tertiary/aromatic N) is 2. The Labute approximate surface area is 261 Å². The number of carbonyl (C=O) groups excluding carboxylic acids is 4. The smallest absolute Gasteiger partial charge is 0.303 e. The van der Waals surface area contributed by atoms with E-state index in [2.05, 4.69) is 0 Å². The number of fused-ring (bicyclic) bond motifs is 4. The zero-order valence-corrected chi connectivity index (χ0v) is 25.5. The molecule has 2 aromatic carbocycles. The zero-order valence-electron chi connectivity index (χ0n) is 25.5. The van der Waals surface area contributed by atoms with E-state index >= 15 is 0 Å². The standard InChI is InChI=1S/C35H38N2O8/c1-3-45-27-18-20(13-16-26(27)38)30-22-14-15-23-29(33(43)36(31(23)41)17-9-5-8-12-28(39)40)24(22)19-25-32(42)37(34(44)35(25,30)2)21-10-6-4-7-11-21/h4,6-7,10-11,13-14,16,18,23-25,29-30,38H,3,5,8-9,12,15,17,19H2,1-2H3,(H,39,40). The number of hydrogen-bond acceptors (Lipinski definition) is 7. The van der Waals surface area contributed by atoms with Crippen LogP contribution in [-0.4, -0.2) is 57.9 Å². The Kier molecular flexibility index (Phi) is 8.01. The minimum atomic E-state index is -1.18. The number of rotatable bonds is 10. The predicted octanol–water partition coefficient (Wildman–Crippen LogP) is 4.67. The highest BCUT2D eigenvalue weighted by Gasteiger charge is 2.67. The van der Waals surface area contributed by atoms with Gasteiger partial charge in [0.05, 0.1) is 35.5 Å². The quantitative estimate of drug-likeness (QED) is 0.224. The summed E-state index contributed by atoms with van der Waals surface area (Å²) in [7, 11) is 0. The van der Waals surface area contributed by atoms with E-state index in [0.717, 1.165) is 5.57 Å². The molecule has 2 aliphatic carbocycles. The molecule has 0 bridgehead atoms. The number of hydrogen-bond donors (Lipinski definition) is 2. The highest BCUT2D eigenvalue weighted by molar-refractivity contribution is 6.24. The number of imide groups is 2. The molecule has 6 atom stereocenters. The Morgan fingerprint density at radius 2 is 1.73 bits per heavy atom. The second-order valence-electron chi connectivity index (χ2n) is 12.7. The number of phenolic OH excluding ortho intramolecular Hbond substituents is 1. The van der Waals surface area contributed by atoms with E-state index in [0.29, 0.717) is 43.5 Å². The third-order valence-corrected chi connectivity index (χ3v) is 10.3. The number of carboxylic acids is 1. The fraction of sp³-hybridized carbons (Fsp3) is 0.457. The largest absolute Gasteiger partial charge is 0.504 e. The average Bonchev–Trinajstić information content (AvgIpc) is 3.38. The highest BCUT2D eigenvalue weighted by Crippen LogP contribution is 2.63. The molecular weight excluding hydrogens is 576 g/mol. The molecule has 0 aromatic heterocycles. The maximum Gasteiger partial charge on any atom is 0.303 e.